The van der Waals surface area contributed by atoms with E-state index in [1.807, 2.05) is 0 Å². The van der Waals surface area contributed by atoms with E-state index < -0.39 is 49.9 Å². The summed E-state index contributed by atoms with van der Waals surface area (Å²) in [5.74, 6) is -0.858. The molecule has 0 aliphatic heterocycles. The zero-order chi connectivity index (χ0) is 26.9. The number of nitrogens with zero attached hydrogens (tertiary/aromatic N) is 1. The van der Waals surface area contributed by atoms with Crippen LogP contribution in [0.2, 0.25) is 0 Å². The van der Waals surface area contributed by atoms with E-state index in [9.17, 15) is 39.6 Å². The summed E-state index contributed by atoms with van der Waals surface area (Å²) >= 11 is 0. The van der Waals surface area contributed by atoms with Crippen molar-refractivity contribution in [2.45, 2.75) is 61.1 Å². The van der Waals surface area contributed by atoms with Gasteiger partial charge in [0.25, 0.3) is 5.91 Å². The summed E-state index contributed by atoms with van der Waals surface area (Å²) in [5, 5.41) is 2.74. The largest absolute Gasteiger partial charge is 0.468 e. The van der Waals surface area contributed by atoms with Gasteiger partial charge >= 0.3 is 12.4 Å². The van der Waals surface area contributed by atoms with E-state index in [1.165, 1.54) is 19.9 Å². The van der Waals surface area contributed by atoms with Crippen molar-refractivity contribution < 1.29 is 44.3 Å². The van der Waals surface area contributed by atoms with Crippen LogP contribution < -0.4 is 10.1 Å². The number of nitrogens with one attached hydrogen (secondary N) is 1. The first-order chi connectivity index (χ1) is 16.5. The molecule has 1 heterocycles. The number of aromatic nitrogens is 1. The van der Waals surface area contributed by atoms with Crippen molar-refractivity contribution >= 4 is 15.7 Å². The second kappa shape index (κ2) is 9.91. The summed E-state index contributed by atoms with van der Waals surface area (Å²) in [6.07, 6.45) is -6.98. The highest BCUT2D eigenvalue weighted by Gasteiger charge is 2.42. The number of ether oxygens (including phenoxy) is 1. The first kappa shape index (κ1) is 27.8. The zero-order valence-electron chi connectivity index (χ0n) is 19.3. The van der Waals surface area contributed by atoms with E-state index in [0.717, 1.165) is 30.5 Å². The smallest absolute Gasteiger partial charge is 0.422 e. The Hall–Kier alpha value is -2.83. The van der Waals surface area contributed by atoms with E-state index in [2.05, 4.69) is 15.0 Å². The normalized spacial score (nSPS) is 18.9. The average molecular weight is 539 g/mol. The minimum atomic E-state index is -4.67. The van der Waals surface area contributed by atoms with Crippen molar-refractivity contribution in [3.63, 3.8) is 0 Å². The van der Waals surface area contributed by atoms with Crippen molar-refractivity contribution in [1.82, 2.24) is 10.3 Å². The molecule has 198 valence electrons. The number of amides is 1. The molecule has 0 unspecified atom stereocenters. The van der Waals surface area contributed by atoms with Crippen LogP contribution in [0.15, 0.2) is 47.5 Å². The third-order valence-corrected chi connectivity index (χ3v) is 8.43. The highest BCUT2D eigenvalue weighted by atomic mass is 32.2. The number of halogens is 6. The Bertz CT molecular complexity index is 1190. The number of alkyl halides is 6. The summed E-state index contributed by atoms with van der Waals surface area (Å²) in [7, 11) is -4.07. The van der Waals surface area contributed by atoms with Crippen LogP contribution in [0.1, 0.15) is 49.0 Å². The van der Waals surface area contributed by atoms with Crippen LogP contribution in [0, 0.1) is 5.92 Å². The second-order valence-corrected chi connectivity index (χ2v) is 11.9. The van der Waals surface area contributed by atoms with E-state index in [1.54, 1.807) is 0 Å². The number of sulfone groups is 1. The molecule has 13 heteroatoms. The number of pyridine rings is 1. The van der Waals surface area contributed by atoms with Gasteiger partial charge in [-0.05, 0) is 63.3 Å². The first-order valence-corrected chi connectivity index (χ1v) is 12.3. The van der Waals surface area contributed by atoms with Crippen molar-refractivity contribution in [3.05, 3.63) is 53.7 Å². The molecule has 0 radical (unpaired) electrons. The topological polar surface area (TPSA) is 85.4 Å². The van der Waals surface area contributed by atoms with Crippen LogP contribution in [0.25, 0.3) is 0 Å². The Morgan fingerprint density at radius 2 is 1.75 bits per heavy atom. The van der Waals surface area contributed by atoms with Crippen LogP contribution in [0.4, 0.5) is 26.3 Å². The molecule has 1 amide bonds. The third-order valence-electron chi connectivity index (χ3n) is 5.93. The van der Waals surface area contributed by atoms with Gasteiger partial charge in [0.1, 0.15) is 0 Å². The van der Waals surface area contributed by atoms with Crippen molar-refractivity contribution in [3.8, 4) is 5.88 Å². The Balaban J connectivity index is 1.54. The molecule has 1 aromatic heterocycles. The lowest BCUT2D eigenvalue weighted by atomic mass is 9.75. The number of carbonyl (C=O) groups is 1. The molecule has 1 aliphatic rings. The standard InChI is InChI=1S/C23H24F6N2O4S/c1-21(2,36(33,34)18-5-3-4-16(10-18)23(27,28)29)11-14-8-17(9-14)31-20(32)15-6-7-19(30-12-15)35-13-22(24,25)26/h3-7,10,12,14,17H,8-9,11,13H2,1-2H3,(H,31,32)/t14-,17+. The number of rotatable bonds is 8. The summed E-state index contributed by atoms with van der Waals surface area (Å²) in [6.45, 7) is 1.42. The monoisotopic (exact) mass is 538 g/mol. The highest BCUT2D eigenvalue weighted by Crippen LogP contribution is 2.40. The molecule has 1 fully saturated rings. The number of hydrogen-bond acceptors (Lipinski definition) is 5. The fourth-order valence-corrected chi connectivity index (χ4v) is 5.64. The molecule has 2 aromatic rings. The van der Waals surface area contributed by atoms with Gasteiger partial charge in [-0.2, -0.15) is 26.3 Å². The van der Waals surface area contributed by atoms with Gasteiger partial charge in [-0.15, -0.1) is 0 Å². The van der Waals surface area contributed by atoms with Gasteiger partial charge in [-0.25, -0.2) is 13.4 Å². The average Bonchev–Trinajstić information content (AvgIpc) is 2.75. The van der Waals surface area contributed by atoms with Crippen molar-refractivity contribution in [2.75, 3.05) is 6.61 Å². The SMILES string of the molecule is CC(C)(C[C@H]1C[C@@H](NC(=O)c2ccc(OCC(F)(F)F)nc2)C1)S(=O)(=O)c1cccc(C(F)(F)F)c1. The fourth-order valence-electron chi connectivity index (χ4n) is 4.01. The van der Waals surface area contributed by atoms with Crippen LogP contribution in [-0.2, 0) is 16.0 Å². The number of benzene rings is 1. The van der Waals surface area contributed by atoms with Crippen LogP contribution in [0.3, 0.4) is 0 Å². The molecule has 0 saturated heterocycles. The predicted octanol–water partition coefficient (Wildman–Crippen LogP) is 5.19. The summed E-state index contributed by atoms with van der Waals surface area (Å²) in [6, 6.07) is 5.81. The van der Waals surface area contributed by atoms with Gasteiger partial charge in [-0.1, -0.05) is 6.07 Å². The van der Waals surface area contributed by atoms with Gasteiger partial charge in [0.2, 0.25) is 5.88 Å². The lowest BCUT2D eigenvalue weighted by Crippen LogP contribution is -2.47. The molecule has 1 aliphatic carbocycles. The summed E-state index contributed by atoms with van der Waals surface area (Å²) < 4.78 is 105. The minimum Gasteiger partial charge on any atom is -0.468 e. The molecule has 0 atom stereocenters. The predicted molar refractivity (Wildman–Crippen MR) is 117 cm³/mol. The molecule has 1 saturated carbocycles. The quantitative estimate of drug-likeness (QED) is 0.468. The zero-order valence-corrected chi connectivity index (χ0v) is 20.1. The van der Waals surface area contributed by atoms with Crippen molar-refractivity contribution in [1.29, 1.82) is 0 Å². The molecule has 6 nitrogen and oxygen atoms in total. The minimum absolute atomic E-state index is 0.0813. The lowest BCUT2D eigenvalue weighted by Gasteiger charge is -2.40. The maximum atomic E-state index is 13.1. The Kier molecular flexibility index (Phi) is 7.64. The first-order valence-electron chi connectivity index (χ1n) is 10.9. The maximum absolute atomic E-state index is 13.1. The van der Waals surface area contributed by atoms with Crippen LogP contribution in [-0.4, -0.2) is 42.9 Å². The van der Waals surface area contributed by atoms with Crippen molar-refractivity contribution in [2.24, 2.45) is 5.92 Å². The molecule has 3 rings (SSSR count). The third kappa shape index (κ3) is 6.68. The molecule has 0 spiro atoms. The van der Waals surface area contributed by atoms with Gasteiger partial charge < -0.3 is 10.1 Å². The van der Waals surface area contributed by atoms with E-state index >= 15 is 0 Å². The fraction of sp³-hybridized carbons (Fsp3) is 0.478. The van der Waals surface area contributed by atoms with Gasteiger partial charge in [-0.3, -0.25) is 4.79 Å². The van der Waals surface area contributed by atoms with Crippen LogP contribution in [0.5, 0.6) is 5.88 Å². The highest BCUT2D eigenvalue weighted by molar-refractivity contribution is 7.92. The maximum Gasteiger partial charge on any atom is 0.422 e. The molecular formula is C23H24F6N2O4S. The van der Waals surface area contributed by atoms with E-state index in [-0.39, 0.29) is 29.8 Å². The molecule has 36 heavy (non-hydrogen) atoms. The van der Waals surface area contributed by atoms with E-state index in [4.69, 9.17) is 0 Å². The Morgan fingerprint density at radius 3 is 2.31 bits per heavy atom. The van der Waals surface area contributed by atoms with Gasteiger partial charge in [0, 0.05) is 18.3 Å². The molecular weight excluding hydrogens is 514 g/mol. The molecule has 1 N–H and O–H groups in total. The summed E-state index contributed by atoms with van der Waals surface area (Å²) in [5.41, 5.74) is -0.925. The van der Waals surface area contributed by atoms with Gasteiger partial charge in [0.15, 0.2) is 16.4 Å². The lowest BCUT2D eigenvalue weighted by molar-refractivity contribution is -0.154. The Morgan fingerprint density at radius 1 is 1.08 bits per heavy atom. The molecule has 1 aromatic carbocycles. The van der Waals surface area contributed by atoms with E-state index in [0.29, 0.717) is 18.9 Å². The van der Waals surface area contributed by atoms with Gasteiger partial charge in [0.05, 0.1) is 20.8 Å². The Labute approximate surface area is 204 Å². The number of hydrogen-bond donors (Lipinski definition) is 1. The summed E-state index contributed by atoms with van der Waals surface area (Å²) in [4.78, 5) is 15.6. The second-order valence-electron chi connectivity index (χ2n) is 9.29. The molecule has 0 bridgehead atoms. The van der Waals surface area contributed by atoms with Crippen LogP contribution >= 0.6 is 0 Å². The number of carbonyl (C=O) groups excluding carboxylic acids is 1.